The number of aryl methyl sites for hydroxylation is 1. The minimum absolute atomic E-state index is 0.0125. The predicted molar refractivity (Wildman–Crippen MR) is 80.5 cm³/mol. The van der Waals surface area contributed by atoms with Crippen molar-refractivity contribution in [2.45, 2.75) is 25.3 Å². The summed E-state index contributed by atoms with van der Waals surface area (Å²) in [5.41, 5.74) is 8.89. The third-order valence-corrected chi connectivity index (χ3v) is 4.43. The summed E-state index contributed by atoms with van der Waals surface area (Å²) in [4.78, 5) is 13.3. The zero-order valence-electron chi connectivity index (χ0n) is 12.0. The highest BCUT2D eigenvalue weighted by molar-refractivity contribution is 5.84. The van der Waals surface area contributed by atoms with Gasteiger partial charge in [0, 0.05) is 56.1 Å². The number of likely N-dealkylation sites (tertiary alicyclic amines) is 1. The first-order valence-corrected chi connectivity index (χ1v) is 7.13. The number of benzene rings is 1. The second-order valence-corrected chi connectivity index (χ2v) is 5.74. The van der Waals surface area contributed by atoms with Crippen molar-refractivity contribution in [2.24, 2.45) is 12.8 Å². The molecule has 0 saturated carbocycles. The summed E-state index contributed by atoms with van der Waals surface area (Å²) in [7, 11) is 2.07. The van der Waals surface area contributed by atoms with E-state index >= 15 is 0 Å². The number of amides is 1. The van der Waals surface area contributed by atoms with Crippen molar-refractivity contribution >= 4 is 16.8 Å². The fourth-order valence-corrected chi connectivity index (χ4v) is 3.32. The van der Waals surface area contributed by atoms with Crippen molar-refractivity contribution < 1.29 is 4.79 Å². The van der Waals surface area contributed by atoms with Crippen LogP contribution in [0.5, 0.6) is 0 Å². The third-order valence-electron chi connectivity index (χ3n) is 4.43. The minimum atomic E-state index is 0.0125. The molecule has 2 heterocycles. The molecule has 1 aliphatic rings. The van der Waals surface area contributed by atoms with Gasteiger partial charge in [-0.15, -0.1) is 0 Å². The van der Waals surface area contributed by atoms with Crippen LogP contribution in [0.1, 0.15) is 24.8 Å². The monoisotopic (exact) mass is 271 g/mol. The molecule has 1 aromatic carbocycles. The number of rotatable bonds is 1. The molecule has 106 valence electrons. The zero-order valence-corrected chi connectivity index (χ0v) is 12.0. The molecular weight excluding hydrogens is 250 g/mol. The van der Waals surface area contributed by atoms with Gasteiger partial charge < -0.3 is 15.2 Å². The van der Waals surface area contributed by atoms with Gasteiger partial charge in [0.25, 0.3) is 0 Å². The van der Waals surface area contributed by atoms with E-state index < -0.39 is 0 Å². The predicted octanol–water partition coefficient (Wildman–Crippen LogP) is 1.84. The van der Waals surface area contributed by atoms with Crippen LogP contribution < -0.4 is 5.73 Å². The number of para-hydroxylation sites is 1. The van der Waals surface area contributed by atoms with Crippen LogP contribution >= 0.6 is 0 Å². The molecule has 1 aliphatic heterocycles. The van der Waals surface area contributed by atoms with Gasteiger partial charge >= 0.3 is 0 Å². The molecule has 2 N–H and O–H groups in total. The van der Waals surface area contributed by atoms with Crippen LogP contribution in [0.4, 0.5) is 0 Å². The van der Waals surface area contributed by atoms with Gasteiger partial charge in [-0.25, -0.2) is 0 Å². The van der Waals surface area contributed by atoms with Gasteiger partial charge in [-0.1, -0.05) is 18.2 Å². The largest absolute Gasteiger partial charge is 0.350 e. The molecule has 20 heavy (non-hydrogen) atoms. The fraction of sp³-hybridized carbons (Fsp3) is 0.438. The summed E-state index contributed by atoms with van der Waals surface area (Å²) in [5, 5.41) is 1.28. The van der Waals surface area contributed by atoms with E-state index in [-0.39, 0.29) is 11.9 Å². The highest BCUT2D eigenvalue weighted by Crippen LogP contribution is 2.33. The first kappa shape index (κ1) is 13.2. The highest BCUT2D eigenvalue weighted by Gasteiger charge is 2.30. The standard InChI is InChI=1S/C16H21N3O/c1-11(20)19-8-7-12(15(17)10-19)14-9-18(2)16-6-4-3-5-13(14)16/h3-6,9,12,15H,7-8,10,17H2,1-2H3. The Morgan fingerprint density at radius 3 is 2.80 bits per heavy atom. The van der Waals surface area contributed by atoms with Crippen molar-refractivity contribution in [1.82, 2.24) is 9.47 Å². The molecule has 1 amide bonds. The Morgan fingerprint density at radius 2 is 2.10 bits per heavy atom. The van der Waals surface area contributed by atoms with E-state index in [1.807, 2.05) is 4.90 Å². The maximum absolute atomic E-state index is 11.5. The lowest BCUT2D eigenvalue weighted by atomic mass is 9.85. The Balaban J connectivity index is 1.94. The van der Waals surface area contributed by atoms with E-state index in [1.165, 1.54) is 16.5 Å². The summed E-state index contributed by atoms with van der Waals surface area (Å²) < 4.78 is 2.16. The van der Waals surface area contributed by atoms with E-state index in [1.54, 1.807) is 6.92 Å². The second kappa shape index (κ2) is 4.94. The van der Waals surface area contributed by atoms with E-state index in [9.17, 15) is 4.79 Å². The lowest BCUT2D eigenvalue weighted by Gasteiger charge is -2.36. The van der Waals surface area contributed by atoms with Crippen molar-refractivity contribution in [3.63, 3.8) is 0 Å². The molecule has 2 atom stereocenters. The van der Waals surface area contributed by atoms with Crippen LogP contribution in [-0.2, 0) is 11.8 Å². The van der Waals surface area contributed by atoms with Gasteiger partial charge in [0.1, 0.15) is 0 Å². The summed E-state index contributed by atoms with van der Waals surface area (Å²) >= 11 is 0. The average Bonchev–Trinajstić information content (AvgIpc) is 2.76. The zero-order chi connectivity index (χ0) is 14.3. The summed E-state index contributed by atoms with van der Waals surface area (Å²) in [6.07, 6.45) is 3.13. The van der Waals surface area contributed by atoms with E-state index in [0.29, 0.717) is 12.5 Å². The quantitative estimate of drug-likeness (QED) is 0.860. The molecule has 0 spiro atoms. The van der Waals surface area contributed by atoms with Crippen LogP contribution in [0, 0.1) is 0 Å². The Hall–Kier alpha value is -1.81. The van der Waals surface area contributed by atoms with Crippen LogP contribution in [0.2, 0.25) is 0 Å². The molecule has 2 aromatic rings. The van der Waals surface area contributed by atoms with Crippen molar-refractivity contribution in [3.8, 4) is 0 Å². The normalized spacial score (nSPS) is 23.2. The number of carbonyl (C=O) groups excluding carboxylic acids is 1. The highest BCUT2D eigenvalue weighted by atomic mass is 16.2. The Kier molecular flexibility index (Phi) is 3.26. The third kappa shape index (κ3) is 2.10. The molecule has 0 radical (unpaired) electrons. The fourth-order valence-electron chi connectivity index (χ4n) is 3.32. The van der Waals surface area contributed by atoms with E-state index in [2.05, 4.69) is 42.1 Å². The number of hydrogen-bond donors (Lipinski definition) is 1. The lowest BCUT2D eigenvalue weighted by Crippen LogP contribution is -2.48. The number of aromatic nitrogens is 1. The van der Waals surface area contributed by atoms with Crippen molar-refractivity contribution in [1.29, 1.82) is 0 Å². The number of hydrogen-bond acceptors (Lipinski definition) is 2. The molecule has 4 nitrogen and oxygen atoms in total. The van der Waals surface area contributed by atoms with Gasteiger partial charge in [0.15, 0.2) is 0 Å². The SMILES string of the molecule is CC(=O)N1CCC(c2cn(C)c3ccccc23)C(N)C1. The van der Waals surface area contributed by atoms with Crippen molar-refractivity contribution in [3.05, 3.63) is 36.0 Å². The molecule has 1 fully saturated rings. The van der Waals surface area contributed by atoms with Gasteiger partial charge in [0.05, 0.1) is 0 Å². The molecule has 2 unspecified atom stereocenters. The molecule has 0 bridgehead atoms. The minimum Gasteiger partial charge on any atom is -0.350 e. The molecular formula is C16H21N3O. The average molecular weight is 271 g/mol. The van der Waals surface area contributed by atoms with Gasteiger partial charge in [-0.3, -0.25) is 4.79 Å². The lowest BCUT2D eigenvalue weighted by molar-refractivity contribution is -0.130. The molecule has 0 aliphatic carbocycles. The van der Waals surface area contributed by atoms with Gasteiger partial charge in [-0.05, 0) is 18.1 Å². The molecule has 1 saturated heterocycles. The van der Waals surface area contributed by atoms with Crippen LogP contribution in [-0.4, -0.2) is 34.5 Å². The van der Waals surface area contributed by atoms with E-state index in [4.69, 9.17) is 5.73 Å². The number of nitrogens with zero attached hydrogens (tertiary/aromatic N) is 2. The van der Waals surface area contributed by atoms with Crippen LogP contribution in [0.3, 0.4) is 0 Å². The Morgan fingerprint density at radius 1 is 1.35 bits per heavy atom. The van der Waals surface area contributed by atoms with Gasteiger partial charge in [0.2, 0.25) is 5.91 Å². The topological polar surface area (TPSA) is 51.3 Å². The summed E-state index contributed by atoms with van der Waals surface area (Å²) in [6.45, 7) is 3.07. The Labute approximate surface area is 119 Å². The molecule has 1 aromatic heterocycles. The number of fused-ring (bicyclic) bond motifs is 1. The number of nitrogens with two attached hydrogens (primary N) is 1. The van der Waals surface area contributed by atoms with E-state index in [0.717, 1.165) is 13.0 Å². The van der Waals surface area contributed by atoms with Crippen LogP contribution in [0.15, 0.2) is 30.5 Å². The first-order chi connectivity index (χ1) is 9.58. The maximum Gasteiger partial charge on any atom is 0.219 e. The van der Waals surface area contributed by atoms with Gasteiger partial charge in [-0.2, -0.15) is 0 Å². The van der Waals surface area contributed by atoms with Crippen molar-refractivity contribution in [2.75, 3.05) is 13.1 Å². The number of carbonyl (C=O) groups is 1. The smallest absolute Gasteiger partial charge is 0.219 e. The number of piperidine rings is 1. The summed E-state index contributed by atoms with van der Waals surface area (Å²) in [6, 6.07) is 8.44. The Bertz CT molecular complexity index is 646. The summed E-state index contributed by atoms with van der Waals surface area (Å²) in [5.74, 6) is 0.452. The maximum atomic E-state index is 11.5. The second-order valence-electron chi connectivity index (χ2n) is 5.74. The first-order valence-electron chi connectivity index (χ1n) is 7.13. The molecule has 3 rings (SSSR count). The van der Waals surface area contributed by atoms with Crippen LogP contribution in [0.25, 0.3) is 10.9 Å². The molecule has 4 heteroatoms.